The molecule has 1 N–H and O–H groups in total. The number of halogens is 1. The maximum absolute atomic E-state index is 12.4. The van der Waals surface area contributed by atoms with Gasteiger partial charge in [-0.2, -0.15) is 0 Å². The molecule has 23 heavy (non-hydrogen) atoms. The van der Waals surface area contributed by atoms with E-state index in [-0.39, 0.29) is 11.8 Å². The summed E-state index contributed by atoms with van der Waals surface area (Å²) in [5.41, 5.74) is 0.941. The van der Waals surface area contributed by atoms with E-state index in [2.05, 4.69) is 10.3 Å². The van der Waals surface area contributed by atoms with Gasteiger partial charge in [-0.05, 0) is 18.6 Å². The molecule has 5 nitrogen and oxygen atoms in total. The SMILES string of the molecule is O=C(NCCOc1ccc(Cl)cn1)[C@H]1CCOc2ccccc21. The normalized spacial score (nSPS) is 16.1. The Balaban J connectivity index is 1.49. The lowest BCUT2D eigenvalue weighted by molar-refractivity contribution is -0.123. The van der Waals surface area contributed by atoms with Crippen LogP contribution < -0.4 is 14.8 Å². The predicted molar refractivity (Wildman–Crippen MR) is 87.0 cm³/mol. The lowest BCUT2D eigenvalue weighted by atomic mass is 9.92. The molecule has 1 atom stereocenters. The highest BCUT2D eigenvalue weighted by Crippen LogP contribution is 2.33. The Morgan fingerprint density at radius 1 is 1.35 bits per heavy atom. The molecular formula is C17H17ClN2O3. The van der Waals surface area contributed by atoms with Crippen LogP contribution in [0.15, 0.2) is 42.6 Å². The van der Waals surface area contributed by atoms with Gasteiger partial charge in [0, 0.05) is 17.8 Å². The summed E-state index contributed by atoms with van der Waals surface area (Å²) in [6.45, 7) is 1.33. The molecule has 0 unspecified atom stereocenters. The molecule has 2 heterocycles. The molecule has 1 aromatic carbocycles. The number of rotatable bonds is 5. The average Bonchev–Trinajstić information content (AvgIpc) is 2.59. The minimum atomic E-state index is -0.173. The van der Waals surface area contributed by atoms with Crippen LogP contribution in [-0.2, 0) is 4.79 Å². The molecule has 1 aliphatic heterocycles. The zero-order chi connectivity index (χ0) is 16.1. The van der Waals surface area contributed by atoms with Crippen molar-refractivity contribution in [3.05, 3.63) is 53.2 Å². The van der Waals surface area contributed by atoms with Gasteiger partial charge >= 0.3 is 0 Å². The quantitative estimate of drug-likeness (QED) is 0.855. The van der Waals surface area contributed by atoms with E-state index < -0.39 is 0 Å². The third kappa shape index (κ3) is 3.93. The lowest BCUT2D eigenvalue weighted by Crippen LogP contribution is -2.34. The first-order valence-corrected chi connectivity index (χ1v) is 7.85. The molecule has 3 rings (SSSR count). The van der Waals surface area contributed by atoms with Crippen LogP contribution in [0.2, 0.25) is 5.02 Å². The summed E-state index contributed by atoms with van der Waals surface area (Å²) in [5, 5.41) is 3.46. The van der Waals surface area contributed by atoms with E-state index in [0.29, 0.717) is 37.1 Å². The highest BCUT2D eigenvalue weighted by Gasteiger charge is 2.26. The number of hydrogen-bond donors (Lipinski definition) is 1. The van der Waals surface area contributed by atoms with Gasteiger partial charge in [0.1, 0.15) is 12.4 Å². The second-order valence-corrected chi connectivity index (χ2v) is 5.62. The molecule has 0 aliphatic carbocycles. The molecule has 1 aliphatic rings. The molecule has 0 spiro atoms. The zero-order valence-corrected chi connectivity index (χ0v) is 13.3. The highest BCUT2D eigenvalue weighted by molar-refractivity contribution is 6.30. The highest BCUT2D eigenvalue weighted by atomic mass is 35.5. The van der Waals surface area contributed by atoms with Gasteiger partial charge in [-0.1, -0.05) is 29.8 Å². The largest absolute Gasteiger partial charge is 0.493 e. The van der Waals surface area contributed by atoms with E-state index >= 15 is 0 Å². The molecule has 1 aromatic heterocycles. The van der Waals surface area contributed by atoms with Crippen LogP contribution in [0.5, 0.6) is 11.6 Å². The lowest BCUT2D eigenvalue weighted by Gasteiger charge is -2.25. The van der Waals surface area contributed by atoms with Gasteiger partial charge in [-0.25, -0.2) is 4.98 Å². The van der Waals surface area contributed by atoms with Crippen LogP contribution in [-0.4, -0.2) is 30.6 Å². The van der Waals surface area contributed by atoms with Crippen molar-refractivity contribution in [2.75, 3.05) is 19.8 Å². The van der Waals surface area contributed by atoms with E-state index in [1.54, 1.807) is 12.1 Å². The van der Waals surface area contributed by atoms with Gasteiger partial charge < -0.3 is 14.8 Å². The fourth-order valence-corrected chi connectivity index (χ4v) is 2.63. The van der Waals surface area contributed by atoms with Crippen molar-refractivity contribution in [1.82, 2.24) is 10.3 Å². The minimum Gasteiger partial charge on any atom is -0.493 e. The van der Waals surface area contributed by atoms with Crippen molar-refractivity contribution in [1.29, 1.82) is 0 Å². The molecular weight excluding hydrogens is 316 g/mol. The number of pyridine rings is 1. The number of fused-ring (bicyclic) bond motifs is 1. The maximum Gasteiger partial charge on any atom is 0.227 e. The van der Waals surface area contributed by atoms with Crippen LogP contribution in [0.1, 0.15) is 17.9 Å². The van der Waals surface area contributed by atoms with Gasteiger partial charge in [0.25, 0.3) is 0 Å². The second-order valence-electron chi connectivity index (χ2n) is 5.18. The van der Waals surface area contributed by atoms with Crippen molar-refractivity contribution >= 4 is 17.5 Å². The van der Waals surface area contributed by atoms with Crippen LogP contribution in [0.25, 0.3) is 0 Å². The van der Waals surface area contributed by atoms with E-state index in [4.69, 9.17) is 21.1 Å². The van der Waals surface area contributed by atoms with Gasteiger partial charge in [0.05, 0.1) is 24.1 Å². The van der Waals surface area contributed by atoms with Crippen LogP contribution in [0.3, 0.4) is 0 Å². The third-order valence-electron chi connectivity index (χ3n) is 3.63. The number of hydrogen-bond acceptors (Lipinski definition) is 4. The number of carbonyl (C=O) groups is 1. The number of carbonyl (C=O) groups excluding carboxylic acids is 1. The van der Waals surface area contributed by atoms with Crippen molar-refractivity contribution < 1.29 is 14.3 Å². The fraction of sp³-hybridized carbons (Fsp3) is 0.294. The standard InChI is InChI=1S/C17H17ClN2O3/c18-12-5-6-16(20-11-12)23-10-8-19-17(21)14-7-9-22-15-4-2-1-3-13(14)15/h1-6,11,14H,7-10H2,(H,19,21)/t14-/m0/s1. The fourth-order valence-electron chi connectivity index (χ4n) is 2.52. The number of amides is 1. The molecule has 2 aromatic rings. The zero-order valence-electron chi connectivity index (χ0n) is 12.5. The second kappa shape index (κ2) is 7.33. The Morgan fingerprint density at radius 2 is 2.22 bits per heavy atom. The molecule has 0 fully saturated rings. The van der Waals surface area contributed by atoms with Crippen molar-refractivity contribution in [2.45, 2.75) is 12.3 Å². The number of para-hydroxylation sites is 1. The molecule has 0 saturated carbocycles. The summed E-state index contributed by atoms with van der Waals surface area (Å²) in [6, 6.07) is 11.1. The summed E-state index contributed by atoms with van der Waals surface area (Å²) >= 11 is 5.76. The first-order valence-electron chi connectivity index (χ1n) is 7.48. The minimum absolute atomic E-state index is 0.00610. The number of benzene rings is 1. The smallest absolute Gasteiger partial charge is 0.227 e. The number of ether oxygens (including phenoxy) is 2. The molecule has 6 heteroatoms. The molecule has 1 amide bonds. The summed E-state index contributed by atoms with van der Waals surface area (Å²) in [7, 11) is 0. The van der Waals surface area contributed by atoms with Crippen molar-refractivity contribution in [2.24, 2.45) is 0 Å². The number of nitrogens with zero attached hydrogens (tertiary/aromatic N) is 1. The average molecular weight is 333 g/mol. The maximum atomic E-state index is 12.4. The van der Waals surface area contributed by atoms with Gasteiger partial charge in [0.15, 0.2) is 0 Å². The van der Waals surface area contributed by atoms with Crippen LogP contribution in [0, 0.1) is 0 Å². The Bertz CT molecular complexity index is 676. The summed E-state index contributed by atoms with van der Waals surface area (Å²) in [6.07, 6.45) is 2.21. The van der Waals surface area contributed by atoms with Gasteiger partial charge in [-0.3, -0.25) is 4.79 Å². The van der Waals surface area contributed by atoms with Crippen LogP contribution in [0.4, 0.5) is 0 Å². The Kier molecular flexibility index (Phi) is 4.98. The van der Waals surface area contributed by atoms with Crippen molar-refractivity contribution in [3.63, 3.8) is 0 Å². The molecule has 0 bridgehead atoms. The van der Waals surface area contributed by atoms with Crippen LogP contribution >= 0.6 is 11.6 Å². The van der Waals surface area contributed by atoms with E-state index in [0.717, 1.165) is 11.3 Å². The number of nitrogens with one attached hydrogen (secondary N) is 1. The first-order chi connectivity index (χ1) is 11.2. The first kappa shape index (κ1) is 15.6. The predicted octanol–water partition coefficient (Wildman–Crippen LogP) is 2.80. The third-order valence-corrected chi connectivity index (χ3v) is 3.85. The number of aromatic nitrogens is 1. The topological polar surface area (TPSA) is 60.5 Å². The van der Waals surface area contributed by atoms with Gasteiger partial charge in [0.2, 0.25) is 11.8 Å². The van der Waals surface area contributed by atoms with E-state index in [1.807, 2.05) is 24.3 Å². The summed E-state index contributed by atoms with van der Waals surface area (Å²) in [4.78, 5) is 16.4. The Hall–Kier alpha value is -2.27. The molecule has 120 valence electrons. The Labute approximate surface area is 139 Å². The van der Waals surface area contributed by atoms with Crippen molar-refractivity contribution in [3.8, 4) is 11.6 Å². The Morgan fingerprint density at radius 3 is 3.04 bits per heavy atom. The monoisotopic (exact) mass is 332 g/mol. The van der Waals surface area contributed by atoms with E-state index in [9.17, 15) is 4.79 Å². The molecule has 0 saturated heterocycles. The summed E-state index contributed by atoms with van der Waals surface area (Å²) in [5.74, 6) is 1.10. The van der Waals surface area contributed by atoms with Gasteiger partial charge in [-0.15, -0.1) is 0 Å². The molecule has 0 radical (unpaired) electrons. The summed E-state index contributed by atoms with van der Waals surface area (Å²) < 4.78 is 11.0. The van der Waals surface area contributed by atoms with E-state index in [1.165, 1.54) is 6.20 Å².